The van der Waals surface area contributed by atoms with Gasteiger partial charge in [0, 0.05) is 11.6 Å². The van der Waals surface area contributed by atoms with E-state index in [1.54, 1.807) is 0 Å². The smallest absolute Gasteiger partial charge is 0.124 e. The molecule has 0 aromatic heterocycles. The first-order valence-electron chi connectivity index (χ1n) is 8.15. The van der Waals surface area contributed by atoms with Gasteiger partial charge in [0.1, 0.15) is 5.75 Å². The minimum Gasteiger partial charge on any atom is -0.490 e. The second-order valence-corrected chi connectivity index (χ2v) is 5.57. The highest BCUT2D eigenvalue weighted by Crippen LogP contribution is 2.28. The van der Waals surface area contributed by atoms with E-state index in [2.05, 4.69) is 50.4 Å². The van der Waals surface area contributed by atoms with Gasteiger partial charge in [-0.1, -0.05) is 51.3 Å². The molecule has 2 nitrogen and oxygen atoms in total. The van der Waals surface area contributed by atoms with Crippen molar-refractivity contribution in [2.45, 2.75) is 71.4 Å². The lowest BCUT2D eigenvalue weighted by Gasteiger charge is -2.21. The molecule has 0 aliphatic carbocycles. The lowest BCUT2D eigenvalue weighted by Crippen LogP contribution is -2.18. The van der Waals surface area contributed by atoms with E-state index in [-0.39, 0.29) is 0 Å². The molecule has 2 atom stereocenters. The molecule has 2 heteroatoms. The van der Waals surface area contributed by atoms with E-state index in [4.69, 9.17) is 4.74 Å². The number of unbranched alkanes of at least 4 members (excludes halogenated alkanes) is 3. The molecule has 0 heterocycles. The quantitative estimate of drug-likeness (QED) is 0.601. The highest BCUT2D eigenvalue weighted by Gasteiger charge is 2.14. The number of rotatable bonds is 10. The third-order valence-corrected chi connectivity index (χ3v) is 3.84. The molecule has 20 heavy (non-hydrogen) atoms. The zero-order valence-electron chi connectivity index (χ0n) is 13.6. The lowest BCUT2D eigenvalue weighted by atomic mass is 10.0. The van der Waals surface area contributed by atoms with Gasteiger partial charge in [0.05, 0.1) is 6.10 Å². The molecule has 0 radical (unpaired) electrons. The molecule has 2 unspecified atom stereocenters. The van der Waals surface area contributed by atoms with Crippen LogP contribution < -0.4 is 10.1 Å². The van der Waals surface area contributed by atoms with Crippen molar-refractivity contribution in [1.82, 2.24) is 5.32 Å². The van der Waals surface area contributed by atoms with Crippen LogP contribution in [0, 0.1) is 0 Å². The highest BCUT2D eigenvalue weighted by atomic mass is 16.5. The lowest BCUT2D eigenvalue weighted by molar-refractivity contribution is 0.202. The molecule has 0 amide bonds. The Morgan fingerprint density at radius 1 is 1.10 bits per heavy atom. The van der Waals surface area contributed by atoms with Crippen LogP contribution in [0.2, 0.25) is 0 Å². The largest absolute Gasteiger partial charge is 0.490 e. The predicted octanol–water partition coefficient (Wildman–Crippen LogP) is 5.09. The van der Waals surface area contributed by atoms with Crippen molar-refractivity contribution in [3.05, 3.63) is 29.8 Å². The van der Waals surface area contributed by atoms with Crippen molar-refractivity contribution in [2.75, 3.05) is 7.05 Å². The zero-order chi connectivity index (χ0) is 14.8. The normalized spacial score (nSPS) is 14.0. The Labute approximate surface area is 124 Å². The van der Waals surface area contributed by atoms with E-state index in [1.165, 1.54) is 31.2 Å². The maximum atomic E-state index is 6.17. The van der Waals surface area contributed by atoms with E-state index in [1.807, 2.05) is 7.05 Å². The first-order valence-corrected chi connectivity index (χ1v) is 8.15. The average Bonchev–Trinajstić information content (AvgIpc) is 2.47. The van der Waals surface area contributed by atoms with Crippen molar-refractivity contribution in [2.24, 2.45) is 0 Å². The van der Waals surface area contributed by atoms with E-state index in [9.17, 15) is 0 Å². The molecule has 0 fully saturated rings. The summed E-state index contributed by atoms with van der Waals surface area (Å²) in [4.78, 5) is 0. The summed E-state index contributed by atoms with van der Waals surface area (Å²) in [6.45, 7) is 6.63. The first kappa shape index (κ1) is 17.0. The van der Waals surface area contributed by atoms with Crippen molar-refractivity contribution in [3.8, 4) is 5.75 Å². The van der Waals surface area contributed by atoms with Crippen LogP contribution in [-0.4, -0.2) is 13.2 Å². The summed E-state index contributed by atoms with van der Waals surface area (Å²) in [5.74, 6) is 1.04. The summed E-state index contributed by atoms with van der Waals surface area (Å²) in [6, 6.07) is 8.79. The molecule has 114 valence electrons. The van der Waals surface area contributed by atoms with E-state index < -0.39 is 0 Å². The molecular weight excluding hydrogens is 246 g/mol. The van der Waals surface area contributed by atoms with E-state index in [0.29, 0.717) is 12.1 Å². The molecule has 0 aliphatic rings. The number of nitrogens with one attached hydrogen (secondary N) is 1. The van der Waals surface area contributed by atoms with Gasteiger partial charge < -0.3 is 10.1 Å². The third kappa shape index (κ3) is 5.54. The summed E-state index contributed by atoms with van der Waals surface area (Å²) in [5.41, 5.74) is 1.28. The molecule has 0 aliphatic heterocycles. The minimum atomic E-state index is 0.294. The molecule has 0 saturated carbocycles. The van der Waals surface area contributed by atoms with Gasteiger partial charge in [0.25, 0.3) is 0 Å². The molecule has 0 spiro atoms. The fraction of sp³-hybridized carbons (Fsp3) is 0.667. The standard InChI is InChI=1S/C18H31NO/c1-5-7-8-9-12-15(3)20-18-14-11-10-13-16(18)17(6-2)19-4/h10-11,13-15,17,19H,5-9,12H2,1-4H3. The Balaban J connectivity index is 2.58. The Bertz CT molecular complexity index is 360. The number of hydrogen-bond acceptors (Lipinski definition) is 2. The maximum Gasteiger partial charge on any atom is 0.124 e. The summed E-state index contributed by atoms with van der Waals surface area (Å²) < 4.78 is 6.17. The Kier molecular flexibility index (Phi) is 8.36. The number of para-hydroxylation sites is 1. The van der Waals surface area contributed by atoms with Crippen molar-refractivity contribution in [3.63, 3.8) is 0 Å². The van der Waals surface area contributed by atoms with Gasteiger partial charge in [0.2, 0.25) is 0 Å². The summed E-state index contributed by atoms with van der Waals surface area (Å²) >= 11 is 0. The number of benzene rings is 1. The van der Waals surface area contributed by atoms with E-state index >= 15 is 0 Å². The van der Waals surface area contributed by atoms with Crippen LogP contribution in [0.1, 0.15) is 70.9 Å². The number of hydrogen-bond donors (Lipinski definition) is 1. The van der Waals surface area contributed by atoms with Crippen LogP contribution in [0.3, 0.4) is 0 Å². The van der Waals surface area contributed by atoms with Crippen LogP contribution in [0.5, 0.6) is 5.75 Å². The van der Waals surface area contributed by atoms with Gasteiger partial charge in [-0.25, -0.2) is 0 Å². The van der Waals surface area contributed by atoms with Gasteiger partial charge in [0.15, 0.2) is 0 Å². The molecule has 1 aromatic rings. The zero-order valence-corrected chi connectivity index (χ0v) is 13.6. The molecular formula is C18H31NO. The predicted molar refractivity (Wildman–Crippen MR) is 87.4 cm³/mol. The second-order valence-electron chi connectivity index (χ2n) is 5.57. The van der Waals surface area contributed by atoms with Gasteiger partial charge in [-0.3, -0.25) is 0 Å². The minimum absolute atomic E-state index is 0.294. The number of ether oxygens (including phenoxy) is 1. The SMILES string of the molecule is CCCCCCC(C)Oc1ccccc1C(CC)NC. The molecule has 0 bridgehead atoms. The highest BCUT2D eigenvalue weighted by molar-refractivity contribution is 5.36. The van der Waals surface area contributed by atoms with Crippen LogP contribution in [-0.2, 0) is 0 Å². The topological polar surface area (TPSA) is 21.3 Å². The van der Waals surface area contributed by atoms with Crippen LogP contribution in [0.15, 0.2) is 24.3 Å². The van der Waals surface area contributed by atoms with Crippen molar-refractivity contribution < 1.29 is 4.74 Å². The summed E-state index contributed by atoms with van der Waals surface area (Å²) in [6.07, 6.45) is 7.72. The Morgan fingerprint density at radius 3 is 2.50 bits per heavy atom. The third-order valence-electron chi connectivity index (χ3n) is 3.84. The first-order chi connectivity index (χ1) is 9.72. The van der Waals surface area contributed by atoms with Gasteiger partial charge in [-0.05, 0) is 39.3 Å². The second kappa shape index (κ2) is 9.82. The molecule has 1 aromatic carbocycles. The molecule has 1 N–H and O–H groups in total. The monoisotopic (exact) mass is 277 g/mol. The molecule has 0 saturated heterocycles. The average molecular weight is 277 g/mol. The van der Waals surface area contributed by atoms with Crippen LogP contribution in [0.25, 0.3) is 0 Å². The van der Waals surface area contributed by atoms with Crippen LogP contribution >= 0.6 is 0 Å². The van der Waals surface area contributed by atoms with Crippen LogP contribution in [0.4, 0.5) is 0 Å². The fourth-order valence-electron chi connectivity index (χ4n) is 2.59. The summed E-state index contributed by atoms with van der Waals surface area (Å²) in [7, 11) is 2.01. The summed E-state index contributed by atoms with van der Waals surface area (Å²) in [5, 5.41) is 3.36. The van der Waals surface area contributed by atoms with Crippen molar-refractivity contribution >= 4 is 0 Å². The van der Waals surface area contributed by atoms with Crippen molar-refractivity contribution in [1.29, 1.82) is 0 Å². The Hall–Kier alpha value is -1.02. The van der Waals surface area contributed by atoms with E-state index in [0.717, 1.165) is 18.6 Å². The van der Waals surface area contributed by atoms with Gasteiger partial charge in [-0.15, -0.1) is 0 Å². The molecule has 1 rings (SSSR count). The Morgan fingerprint density at radius 2 is 1.85 bits per heavy atom. The van der Waals surface area contributed by atoms with Gasteiger partial charge >= 0.3 is 0 Å². The maximum absolute atomic E-state index is 6.17. The van der Waals surface area contributed by atoms with Gasteiger partial charge in [-0.2, -0.15) is 0 Å². The fourth-order valence-corrected chi connectivity index (χ4v) is 2.59.